The maximum Gasteiger partial charge on any atom is 0.326 e. The number of carboxylic acid groups (broad SMARTS) is 1. The molecule has 1 N–H and O–H groups in total. The van der Waals surface area contributed by atoms with Gasteiger partial charge in [-0.2, -0.15) is 0 Å². The van der Waals surface area contributed by atoms with E-state index >= 15 is 0 Å². The van der Waals surface area contributed by atoms with E-state index in [1.807, 2.05) is 12.1 Å². The zero-order valence-electron chi connectivity index (χ0n) is 13.5. The Morgan fingerprint density at radius 3 is 2.68 bits per heavy atom. The standard InChI is InChI=1S/C19H18ClNO4/c20-15-8-6-13(7-9-15)12-25-16-4-1-3-14(11-16)18(22)21-10-2-5-17(21)19(23)24/h1,3-4,6-9,11,17H,2,5,10,12H2,(H,23,24). The van der Waals surface area contributed by atoms with Gasteiger partial charge < -0.3 is 14.7 Å². The number of rotatable bonds is 5. The molecule has 1 unspecified atom stereocenters. The summed E-state index contributed by atoms with van der Waals surface area (Å²) < 4.78 is 5.73. The van der Waals surface area contributed by atoms with Crippen molar-refractivity contribution < 1.29 is 19.4 Å². The molecule has 6 heteroatoms. The molecule has 2 aromatic rings. The molecule has 1 atom stereocenters. The van der Waals surface area contributed by atoms with Crippen molar-refractivity contribution in [3.05, 3.63) is 64.7 Å². The molecule has 0 saturated carbocycles. The van der Waals surface area contributed by atoms with Crippen molar-refractivity contribution in [1.82, 2.24) is 4.90 Å². The lowest BCUT2D eigenvalue weighted by Gasteiger charge is -2.21. The van der Waals surface area contributed by atoms with Crippen LogP contribution in [0.15, 0.2) is 48.5 Å². The molecular weight excluding hydrogens is 342 g/mol. The van der Waals surface area contributed by atoms with Gasteiger partial charge in [-0.1, -0.05) is 29.8 Å². The largest absolute Gasteiger partial charge is 0.489 e. The SMILES string of the molecule is O=C(O)C1CCCN1C(=O)c1cccc(OCc2ccc(Cl)cc2)c1. The molecule has 2 aromatic carbocycles. The van der Waals surface area contributed by atoms with E-state index in [0.29, 0.717) is 42.3 Å². The predicted octanol–water partition coefficient (Wildman–Crippen LogP) is 3.61. The molecule has 1 saturated heterocycles. The lowest BCUT2D eigenvalue weighted by Crippen LogP contribution is -2.40. The Hall–Kier alpha value is -2.53. The molecular formula is C19H18ClNO4. The lowest BCUT2D eigenvalue weighted by atomic mass is 10.1. The smallest absolute Gasteiger partial charge is 0.326 e. The van der Waals surface area contributed by atoms with Crippen LogP contribution in [-0.2, 0) is 11.4 Å². The lowest BCUT2D eigenvalue weighted by molar-refractivity contribution is -0.141. The third kappa shape index (κ3) is 4.12. The van der Waals surface area contributed by atoms with Crippen molar-refractivity contribution in [2.24, 2.45) is 0 Å². The number of aliphatic carboxylic acids is 1. The number of halogens is 1. The molecule has 0 aromatic heterocycles. The van der Waals surface area contributed by atoms with E-state index in [4.69, 9.17) is 16.3 Å². The van der Waals surface area contributed by atoms with E-state index in [2.05, 4.69) is 0 Å². The van der Waals surface area contributed by atoms with E-state index in [-0.39, 0.29) is 5.91 Å². The fourth-order valence-electron chi connectivity index (χ4n) is 2.90. The zero-order valence-corrected chi connectivity index (χ0v) is 14.3. The minimum Gasteiger partial charge on any atom is -0.489 e. The van der Waals surface area contributed by atoms with E-state index in [9.17, 15) is 14.7 Å². The van der Waals surface area contributed by atoms with Crippen LogP contribution < -0.4 is 4.74 Å². The molecule has 1 aliphatic rings. The number of carboxylic acids is 1. The summed E-state index contributed by atoms with van der Waals surface area (Å²) in [5.41, 5.74) is 1.40. The second kappa shape index (κ2) is 7.57. The third-order valence-corrected chi connectivity index (χ3v) is 4.45. The number of nitrogens with zero attached hydrogens (tertiary/aromatic N) is 1. The van der Waals surface area contributed by atoms with Crippen molar-refractivity contribution in [3.8, 4) is 5.75 Å². The average Bonchev–Trinajstić information content (AvgIpc) is 3.11. The van der Waals surface area contributed by atoms with Crippen LogP contribution in [0.2, 0.25) is 5.02 Å². The summed E-state index contributed by atoms with van der Waals surface area (Å²) in [6.07, 6.45) is 1.20. The Balaban J connectivity index is 1.69. The first kappa shape index (κ1) is 17.3. The summed E-state index contributed by atoms with van der Waals surface area (Å²) in [7, 11) is 0. The molecule has 0 bridgehead atoms. The van der Waals surface area contributed by atoms with Crippen molar-refractivity contribution in [1.29, 1.82) is 0 Å². The highest BCUT2D eigenvalue weighted by molar-refractivity contribution is 6.30. The molecule has 0 spiro atoms. The van der Waals surface area contributed by atoms with Gasteiger partial charge in [0.2, 0.25) is 0 Å². The minimum absolute atomic E-state index is 0.276. The number of carbonyl (C=O) groups excluding carboxylic acids is 1. The average molecular weight is 360 g/mol. The van der Waals surface area contributed by atoms with Crippen LogP contribution in [0.4, 0.5) is 0 Å². The van der Waals surface area contributed by atoms with Gasteiger partial charge in [-0.15, -0.1) is 0 Å². The van der Waals surface area contributed by atoms with Crippen molar-refractivity contribution >= 4 is 23.5 Å². The maximum atomic E-state index is 12.6. The highest BCUT2D eigenvalue weighted by Crippen LogP contribution is 2.23. The van der Waals surface area contributed by atoms with Crippen LogP contribution in [0.3, 0.4) is 0 Å². The molecule has 130 valence electrons. The summed E-state index contributed by atoms with van der Waals surface area (Å²) in [6, 6.07) is 13.4. The van der Waals surface area contributed by atoms with Crippen LogP contribution in [-0.4, -0.2) is 34.5 Å². The van der Waals surface area contributed by atoms with Gasteiger partial charge in [0.1, 0.15) is 18.4 Å². The molecule has 25 heavy (non-hydrogen) atoms. The van der Waals surface area contributed by atoms with Crippen molar-refractivity contribution in [3.63, 3.8) is 0 Å². The monoisotopic (exact) mass is 359 g/mol. The quantitative estimate of drug-likeness (QED) is 0.885. The number of hydrogen-bond donors (Lipinski definition) is 1. The highest BCUT2D eigenvalue weighted by Gasteiger charge is 2.34. The Labute approximate surface area is 150 Å². The first-order valence-corrected chi connectivity index (χ1v) is 8.43. The van der Waals surface area contributed by atoms with E-state index < -0.39 is 12.0 Å². The highest BCUT2D eigenvalue weighted by atomic mass is 35.5. The van der Waals surface area contributed by atoms with E-state index in [1.54, 1.807) is 36.4 Å². The van der Waals surface area contributed by atoms with E-state index in [0.717, 1.165) is 5.56 Å². The molecule has 1 amide bonds. The van der Waals surface area contributed by atoms with Crippen LogP contribution in [0.5, 0.6) is 5.75 Å². The second-order valence-corrected chi connectivity index (χ2v) is 6.37. The minimum atomic E-state index is -0.957. The van der Waals surface area contributed by atoms with Gasteiger partial charge >= 0.3 is 5.97 Å². The topological polar surface area (TPSA) is 66.8 Å². The molecule has 3 rings (SSSR count). The summed E-state index contributed by atoms with van der Waals surface area (Å²) >= 11 is 5.86. The van der Waals surface area contributed by atoms with Gasteiger partial charge in [0.15, 0.2) is 0 Å². The Bertz CT molecular complexity index is 775. The van der Waals surface area contributed by atoms with Crippen LogP contribution in [0.25, 0.3) is 0 Å². The Kier molecular flexibility index (Phi) is 5.24. The number of hydrogen-bond acceptors (Lipinski definition) is 3. The van der Waals surface area contributed by atoms with Crippen LogP contribution in [0.1, 0.15) is 28.8 Å². The van der Waals surface area contributed by atoms with Crippen molar-refractivity contribution in [2.75, 3.05) is 6.54 Å². The van der Waals surface area contributed by atoms with Crippen LogP contribution >= 0.6 is 11.6 Å². The Morgan fingerprint density at radius 2 is 1.96 bits per heavy atom. The first-order chi connectivity index (χ1) is 12.0. The fraction of sp³-hybridized carbons (Fsp3) is 0.263. The molecule has 5 nitrogen and oxygen atoms in total. The van der Waals surface area contributed by atoms with Gasteiger partial charge in [0, 0.05) is 17.1 Å². The van der Waals surface area contributed by atoms with Gasteiger partial charge in [-0.25, -0.2) is 4.79 Å². The summed E-state index contributed by atoms with van der Waals surface area (Å²) in [4.78, 5) is 25.3. The first-order valence-electron chi connectivity index (χ1n) is 8.05. The predicted molar refractivity (Wildman–Crippen MR) is 93.9 cm³/mol. The number of amides is 1. The van der Waals surface area contributed by atoms with E-state index in [1.165, 1.54) is 4.90 Å². The van der Waals surface area contributed by atoms with Crippen LogP contribution in [0, 0.1) is 0 Å². The summed E-state index contributed by atoms with van der Waals surface area (Å²) in [6.45, 7) is 0.821. The summed E-state index contributed by atoms with van der Waals surface area (Å²) in [5, 5.41) is 9.90. The van der Waals surface area contributed by atoms with Crippen molar-refractivity contribution in [2.45, 2.75) is 25.5 Å². The molecule has 1 fully saturated rings. The number of likely N-dealkylation sites (tertiary alicyclic amines) is 1. The number of ether oxygens (including phenoxy) is 1. The summed E-state index contributed by atoms with van der Waals surface area (Å²) in [5.74, 6) is -0.672. The zero-order chi connectivity index (χ0) is 17.8. The van der Waals surface area contributed by atoms with Gasteiger partial charge in [0.25, 0.3) is 5.91 Å². The Morgan fingerprint density at radius 1 is 1.20 bits per heavy atom. The molecule has 0 radical (unpaired) electrons. The third-order valence-electron chi connectivity index (χ3n) is 4.20. The van der Waals surface area contributed by atoms with Gasteiger partial charge in [-0.3, -0.25) is 4.79 Å². The molecule has 1 heterocycles. The normalized spacial score (nSPS) is 16.7. The molecule has 1 aliphatic heterocycles. The maximum absolute atomic E-state index is 12.6. The van der Waals surface area contributed by atoms with Gasteiger partial charge in [0.05, 0.1) is 0 Å². The second-order valence-electron chi connectivity index (χ2n) is 5.94. The number of carbonyl (C=O) groups is 2. The molecule has 0 aliphatic carbocycles. The van der Waals surface area contributed by atoms with Gasteiger partial charge in [-0.05, 0) is 48.7 Å². The number of benzene rings is 2. The fourth-order valence-corrected chi connectivity index (χ4v) is 3.02.